The zero-order valence-corrected chi connectivity index (χ0v) is 13.6. The highest BCUT2D eigenvalue weighted by molar-refractivity contribution is 5.79. The number of carbonyl (C=O) groups is 1. The number of hydrogen-bond donors (Lipinski definition) is 0. The zero-order chi connectivity index (χ0) is 16.3. The summed E-state index contributed by atoms with van der Waals surface area (Å²) in [5.41, 5.74) is 0.344. The second-order valence-electron chi connectivity index (χ2n) is 6.63. The lowest BCUT2D eigenvalue weighted by atomic mass is 9.73. The van der Waals surface area contributed by atoms with Crippen LogP contribution in [0.1, 0.15) is 24.8 Å². The Morgan fingerprint density at radius 3 is 3.09 bits per heavy atom. The van der Waals surface area contributed by atoms with E-state index in [1.807, 2.05) is 4.90 Å². The molecule has 3 rings (SSSR count). The molecular weight excluding hydrogens is 297 g/mol. The number of nitrogens with zero attached hydrogens (tertiary/aromatic N) is 1. The highest BCUT2D eigenvalue weighted by Gasteiger charge is 2.46. The Kier molecular flexibility index (Phi) is 4.97. The lowest BCUT2D eigenvalue weighted by molar-refractivity contribution is -0.161. The van der Waals surface area contributed by atoms with Crippen LogP contribution in [0, 0.1) is 11.2 Å². The fourth-order valence-electron chi connectivity index (χ4n) is 3.92. The number of halogens is 1. The molecule has 1 aromatic carbocycles. The van der Waals surface area contributed by atoms with E-state index >= 15 is 0 Å². The van der Waals surface area contributed by atoms with E-state index in [-0.39, 0.29) is 29.7 Å². The Hall–Kier alpha value is -1.46. The summed E-state index contributed by atoms with van der Waals surface area (Å²) < 4.78 is 25.1. The van der Waals surface area contributed by atoms with Crippen molar-refractivity contribution < 1.29 is 18.7 Å². The molecule has 0 spiro atoms. The maximum Gasteiger partial charge on any atom is 0.227 e. The summed E-state index contributed by atoms with van der Waals surface area (Å²) in [6.45, 7) is 2.70. The molecule has 4 nitrogen and oxygen atoms in total. The van der Waals surface area contributed by atoms with Crippen molar-refractivity contribution in [3.63, 3.8) is 0 Å². The van der Waals surface area contributed by atoms with Crippen LogP contribution >= 0.6 is 0 Å². The third-order valence-corrected chi connectivity index (χ3v) is 5.07. The number of hydrogen-bond acceptors (Lipinski definition) is 3. The van der Waals surface area contributed by atoms with Gasteiger partial charge in [-0.3, -0.25) is 4.79 Å². The monoisotopic (exact) mass is 321 g/mol. The molecule has 1 aromatic rings. The molecule has 2 aliphatic rings. The SMILES string of the molecule is COCC12CCCOC1CCN(C(=O)Cc1ccccc1F)C2. The van der Waals surface area contributed by atoms with Crippen LogP contribution in [0.4, 0.5) is 4.39 Å². The molecule has 2 aliphatic heterocycles. The number of methoxy groups -OCH3 is 1. The minimum absolute atomic E-state index is 0.0189. The molecule has 2 fully saturated rings. The molecule has 23 heavy (non-hydrogen) atoms. The van der Waals surface area contributed by atoms with E-state index in [0.29, 0.717) is 25.3 Å². The van der Waals surface area contributed by atoms with Gasteiger partial charge in [-0.25, -0.2) is 4.39 Å². The standard InChI is InChI=1S/C18H24FNO3/c1-22-13-18-8-4-10-23-16(18)7-9-20(12-18)17(21)11-14-5-2-3-6-15(14)19/h2-3,5-6,16H,4,7-13H2,1H3. The van der Waals surface area contributed by atoms with Gasteiger partial charge in [-0.15, -0.1) is 0 Å². The van der Waals surface area contributed by atoms with Gasteiger partial charge in [0, 0.05) is 32.2 Å². The Balaban J connectivity index is 1.71. The number of piperidine rings is 1. The first kappa shape index (κ1) is 16.4. The molecule has 126 valence electrons. The minimum atomic E-state index is -0.316. The molecule has 2 unspecified atom stereocenters. The molecule has 0 N–H and O–H groups in total. The van der Waals surface area contributed by atoms with Gasteiger partial charge in [-0.1, -0.05) is 18.2 Å². The van der Waals surface area contributed by atoms with Crippen molar-refractivity contribution in [2.24, 2.45) is 5.41 Å². The number of ether oxygens (including phenoxy) is 2. The second-order valence-corrected chi connectivity index (χ2v) is 6.63. The number of fused-ring (bicyclic) bond motifs is 1. The maximum absolute atomic E-state index is 13.8. The van der Waals surface area contributed by atoms with Gasteiger partial charge in [0.25, 0.3) is 0 Å². The normalized spacial score (nSPS) is 27.6. The molecular formula is C18H24FNO3. The van der Waals surface area contributed by atoms with Crippen molar-refractivity contribution in [1.82, 2.24) is 4.90 Å². The largest absolute Gasteiger partial charge is 0.384 e. The van der Waals surface area contributed by atoms with E-state index in [1.165, 1.54) is 6.07 Å². The third-order valence-electron chi connectivity index (χ3n) is 5.07. The first-order chi connectivity index (χ1) is 11.1. The van der Waals surface area contributed by atoms with E-state index in [0.717, 1.165) is 25.9 Å². The van der Waals surface area contributed by atoms with Crippen LogP contribution in [0.15, 0.2) is 24.3 Å². The molecule has 0 saturated carbocycles. The highest BCUT2D eigenvalue weighted by Crippen LogP contribution is 2.40. The summed E-state index contributed by atoms with van der Waals surface area (Å²) in [6, 6.07) is 6.48. The quantitative estimate of drug-likeness (QED) is 0.855. The van der Waals surface area contributed by atoms with Crippen LogP contribution in [0.2, 0.25) is 0 Å². The van der Waals surface area contributed by atoms with Gasteiger partial charge in [-0.2, -0.15) is 0 Å². The molecule has 2 atom stereocenters. The van der Waals surface area contributed by atoms with Crippen LogP contribution in [-0.4, -0.2) is 50.3 Å². The lowest BCUT2D eigenvalue weighted by Crippen LogP contribution is -2.58. The summed E-state index contributed by atoms with van der Waals surface area (Å²) in [6.07, 6.45) is 3.10. The average Bonchev–Trinajstić information content (AvgIpc) is 2.56. The molecule has 5 heteroatoms. The number of benzene rings is 1. The van der Waals surface area contributed by atoms with Gasteiger partial charge in [0.2, 0.25) is 5.91 Å². The Morgan fingerprint density at radius 2 is 2.30 bits per heavy atom. The summed E-state index contributed by atoms with van der Waals surface area (Å²) in [5.74, 6) is -0.335. The van der Waals surface area contributed by atoms with Crippen molar-refractivity contribution >= 4 is 5.91 Å². The number of likely N-dealkylation sites (tertiary alicyclic amines) is 1. The molecule has 0 aromatic heterocycles. The lowest BCUT2D eigenvalue weighted by Gasteiger charge is -2.50. The molecule has 0 aliphatic carbocycles. The first-order valence-electron chi connectivity index (χ1n) is 8.26. The smallest absolute Gasteiger partial charge is 0.227 e. The number of carbonyl (C=O) groups excluding carboxylic acids is 1. The maximum atomic E-state index is 13.8. The van der Waals surface area contributed by atoms with Gasteiger partial charge in [0.1, 0.15) is 5.82 Å². The van der Waals surface area contributed by atoms with Gasteiger partial charge in [0.05, 0.1) is 19.1 Å². The van der Waals surface area contributed by atoms with E-state index in [4.69, 9.17) is 9.47 Å². The molecule has 2 saturated heterocycles. The predicted molar refractivity (Wildman–Crippen MR) is 84.6 cm³/mol. The number of rotatable bonds is 4. The predicted octanol–water partition coefficient (Wildman–Crippen LogP) is 2.41. The zero-order valence-electron chi connectivity index (χ0n) is 13.6. The summed E-state index contributed by atoms with van der Waals surface area (Å²) in [5, 5.41) is 0. The molecule has 2 heterocycles. The van der Waals surface area contributed by atoms with Crippen LogP contribution in [0.3, 0.4) is 0 Å². The topological polar surface area (TPSA) is 38.8 Å². The van der Waals surface area contributed by atoms with Gasteiger partial charge < -0.3 is 14.4 Å². The van der Waals surface area contributed by atoms with Crippen LogP contribution in [0.25, 0.3) is 0 Å². The van der Waals surface area contributed by atoms with E-state index in [2.05, 4.69) is 0 Å². The average molecular weight is 321 g/mol. The van der Waals surface area contributed by atoms with E-state index in [9.17, 15) is 9.18 Å². The molecule has 0 bridgehead atoms. The Labute approximate surface area is 136 Å². The second kappa shape index (κ2) is 6.97. The highest BCUT2D eigenvalue weighted by atomic mass is 19.1. The summed E-state index contributed by atoms with van der Waals surface area (Å²) in [4.78, 5) is 14.5. The van der Waals surface area contributed by atoms with Gasteiger partial charge in [0.15, 0.2) is 0 Å². The summed E-state index contributed by atoms with van der Waals surface area (Å²) in [7, 11) is 1.69. The Morgan fingerprint density at radius 1 is 1.48 bits per heavy atom. The van der Waals surface area contributed by atoms with Crippen LogP contribution in [-0.2, 0) is 20.7 Å². The molecule has 0 radical (unpaired) electrons. The van der Waals surface area contributed by atoms with Crippen molar-refractivity contribution in [3.8, 4) is 0 Å². The fraction of sp³-hybridized carbons (Fsp3) is 0.611. The Bertz CT molecular complexity index is 561. The van der Waals surface area contributed by atoms with E-state index in [1.54, 1.807) is 25.3 Å². The van der Waals surface area contributed by atoms with Crippen molar-refractivity contribution in [2.45, 2.75) is 31.8 Å². The van der Waals surface area contributed by atoms with Crippen LogP contribution < -0.4 is 0 Å². The van der Waals surface area contributed by atoms with Gasteiger partial charge >= 0.3 is 0 Å². The summed E-state index contributed by atoms with van der Waals surface area (Å²) >= 11 is 0. The van der Waals surface area contributed by atoms with Gasteiger partial charge in [-0.05, 0) is 30.9 Å². The number of amides is 1. The van der Waals surface area contributed by atoms with E-state index < -0.39 is 0 Å². The van der Waals surface area contributed by atoms with Crippen LogP contribution in [0.5, 0.6) is 0 Å². The molecule has 1 amide bonds. The fourth-order valence-corrected chi connectivity index (χ4v) is 3.92. The van der Waals surface area contributed by atoms with Crippen molar-refractivity contribution in [2.75, 3.05) is 33.4 Å². The van der Waals surface area contributed by atoms with Crippen molar-refractivity contribution in [1.29, 1.82) is 0 Å². The first-order valence-corrected chi connectivity index (χ1v) is 8.26. The third kappa shape index (κ3) is 3.40. The van der Waals surface area contributed by atoms with Crippen molar-refractivity contribution in [3.05, 3.63) is 35.6 Å². The minimum Gasteiger partial charge on any atom is -0.384 e.